The first kappa shape index (κ1) is 24.3. The molecule has 0 atom stereocenters. The van der Waals surface area contributed by atoms with Gasteiger partial charge in [0.1, 0.15) is 11.6 Å². The molecule has 1 amide bonds. The number of ether oxygens (including phenoxy) is 1. The molecule has 2 N–H and O–H groups in total. The Bertz CT molecular complexity index is 1280. The van der Waals surface area contributed by atoms with Crippen LogP contribution in [0.5, 0.6) is 5.75 Å². The molecular weight excluding hydrogens is 466 g/mol. The van der Waals surface area contributed by atoms with E-state index in [-0.39, 0.29) is 5.91 Å². The number of allylic oxidation sites excluding steroid dienone is 1. The number of nitriles is 1. The van der Waals surface area contributed by atoms with Gasteiger partial charge in [-0.05, 0) is 30.2 Å². The summed E-state index contributed by atoms with van der Waals surface area (Å²) in [6.45, 7) is 4.78. The molecule has 3 aromatic rings. The average molecular weight is 496 g/mol. The number of anilines is 2. The molecule has 0 spiro atoms. The van der Waals surface area contributed by atoms with Crippen LogP contribution in [-0.4, -0.2) is 58.4 Å². The molecule has 1 saturated heterocycles. The van der Waals surface area contributed by atoms with Gasteiger partial charge in [0.15, 0.2) is 5.75 Å². The van der Waals surface area contributed by atoms with E-state index in [4.69, 9.17) is 4.74 Å². The first-order chi connectivity index (χ1) is 18.2. The zero-order valence-electron chi connectivity index (χ0n) is 20.6. The predicted molar refractivity (Wildman–Crippen MR) is 141 cm³/mol. The summed E-state index contributed by atoms with van der Waals surface area (Å²) in [7, 11) is 0. The Kier molecular flexibility index (Phi) is 7.58. The van der Waals surface area contributed by atoms with Crippen LogP contribution in [0.1, 0.15) is 24.1 Å². The minimum Gasteiger partial charge on any atom is -0.437 e. The number of piperazine rings is 1. The number of nitrogens with one attached hydrogen (secondary N) is 2. The quantitative estimate of drug-likeness (QED) is 0.360. The summed E-state index contributed by atoms with van der Waals surface area (Å²) in [4.78, 5) is 25.8. The number of aromatic nitrogens is 2. The zero-order valence-corrected chi connectivity index (χ0v) is 20.6. The van der Waals surface area contributed by atoms with Crippen LogP contribution in [0.15, 0.2) is 72.7 Å². The molecule has 188 valence electrons. The van der Waals surface area contributed by atoms with Crippen molar-refractivity contribution in [2.75, 3.05) is 43.4 Å². The van der Waals surface area contributed by atoms with Gasteiger partial charge in [0.2, 0.25) is 17.7 Å². The Labute approximate surface area is 216 Å². The summed E-state index contributed by atoms with van der Waals surface area (Å²) in [6, 6.07) is 21.8. The second-order valence-corrected chi connectivity index (χ2v) is 8.98. The van der Waals surface area contributed by atoms with E-state index < -0.39 is 0 Å². The summed E-state index contributed by atoms with van der Waals surface area (Å²) in [5, 5.41) is 16.0. The summed E-state index contributed by atoms with van der Waals surface area (Å²) in [5.74, 6) is 1.60. The van der Waals surface area contributed by atoms with Crippen molar-refractivity contribution in [1.82, 2.24) is 19.8 Å². The fourth-order valence-electron chi connectivity index (χ4n) is 4.43. The Morgan fingerprint density at radius 1 is 1.05 bits per heavy atom. The lowest BCUT2D eigenvalue weighted by atomic mass is 10.2. The molecule has 0 bridgehead atoms. The number of rotatable bonds is 8. The molecule has 0 aliphatic carbocycles. The molecule has 37 heavy (non-hydrogen) atoms. The third-order valence-corrected chi connectivity index (χ3v) is 6.42. The third-order valence-electron chi connectivity index (χ3n) is 6.42. The zero-order chi connectivity index (χ0) is 25.5. The summed E-state index contributed by atoms with van der Waals surface area (Å²) in [5.41, 5.74) is 2.86. The van der Waals surface area contributed by atoms with Crippen LogP contribution in [0.4, 0.5) is 11.6 Å². The van der Waals surface area contributed by atoms with Crippen LogP contribution in [0.2, 0.25) is 0 Å². The van der Waals surface area contributed by atoms with Crippen LogP contribution in [0.25, 0.3) is 5.57 Å². The van der Waals surface area contributed by atoms with E-state index in [0.717, 1.165) is 38.4 Å². The van der Waals surface area contributed by atoms with Crippen molar-refractivity contribution in [3.63, 3.8) is 0 Å². The van der Waals surface area contributed by atoms with E-state index in [0.29, 0.717) is 48.2 Å². The monoisotopic (exact) mass is 495 g/mol. The van der Waals surface area contributed by atoms with Crippen molar-refractivity contribution in [2.45, 2.75) is 19.4 Å². The van der Waals surface area contributed by atoms with Crippen LogP contribution in [-0.2, 0) is 11.3 Å². The van der Waals surface area contributed by atoms with Crippen molar-refractivity contribution in [2.24, 2.45) is 0 Å². The van der Waals surface area contributed by atoms with E-state index in [1.807, 2.05) is 35.2 Å². The average Bonchev–Trinajstić information content (AvgIpc) is 3.36. The normalized spacial score (nSPS) is 16.2. The molecule has 0 radical (unpaired) electrons. The minimum atomic E-state index is 0.177. The number of nitrogens with zero attached hydrogens (tertiary/aromatic N) is 5. The van der Waals surface area contributed by atoms with Gasteiger partial charge in [-0.2, -0.15) is 5.26 Å². The highest BCUT2D eigenvalue weighted by atomic mass is 16.5. The van der Waals surface area contributed by atoms with Crippen LogP contribution >= 0.6 is 0 Å². The summed E-state index contributed by atoms with van der Waals surface area (Å²) in [6.07, 6.45) is 2.74. The second kappa shape index (κ2) is 11.5. The number of hydrogen-bond acceptors (Lipinski definition) is 8. The largest absolute Gasteiger partial charge is 0.437 e. The number of carbonyl (C=O) groups excluding carboxylic acids is 1. The lowest BCUT2D eigenvalue weighted by Gasteiger charge is -2.34. The van der Waals surface area contributed by atoms with Crippen molar-refractivity contribution >= 4 is 23.1 Å². The van der Waals surface area contributed by atoms with E-state index >= 15 is 0 Å². The SMILES string of the molecule is N#C/C(=C1\Nc2ccccc2O1)c1ccnc(NCCCC(=O)N2CCN(Cc3ccccc3)CC2)n1. The fourth-order valence-corrected chi connectivity index (χ4v) is 4.43. The molecule has 2 aromatic carbocycles. The molecule has 2 aliphatic rings. The topological polar surface area (TPSA) is 106 Å². The van der Waals surface area contributed by atoms with E-state index in [1.165, 1.54) is 5.56 Å². The lowest BCUT2D eigenvalue weighted by molar-refractivity contribution is -0.133. The molecule has 1 fully saturated rings. The first-order valence-electron chi connectivity index (χ1n) is 12.5. The minimum absolute atomic E-state index is 0.177. The number of amides is 1. The lowest BCUT2D eigenvalue weighted by Crippen LogP contribution is -2.48. The Morgan fingerprint density at radius 3 is 2.62 bits per heavy atom. The maximum atomic E-state index is 12.7. The number of hydrogen-bond donors (Lipinski definition) is 2. The number of fused-ring (bicyclic) bond motifs is 1. The van der Waals surface area contributed by atoms with Gasteiger partial charge >= 0.3 is 0 Å². The van der Waals surface area contributed by atoms with Gasteiger partial charge in [-0.25, -0.2) is 9.97 Å². The maximum Gasteiger partial charge on any atom is 0.223 e. The van der Waals surface area contributed by atoms with Gasteiger partial charge in [0.25, 0.3) is 0 Å². The van der Waals surface area contributed by atoms with E-state index in [1.54, 1.807) is 12.3 Å². The number of carbonyl (C=O) groups is 1. The van der Waals surface area contributed by atoms with Gasteiger partial charge in [-0.15, -0.1) is 0 Å². The molecule has 1 aromatic heterocycles. The van der Waals surface area contributed by atoms with Gasteiger partial charge in [-0.1, -0.05) is 42.5 Å². The van der Waals surface area contributed by atoms with Crippen LogP contribution in [0.3, 0.4) is 0 Å². The fraction of sp³-hybridized carbons (Fsp3) is 0.286. The molecular formula is C28H29N7O2. The molecule has 0 saturated carbocycles. The molecule has 9 heteroatoms. The molecule has 9 nitrogen and oxygen atoms in total. The van der Waals surface area contributed by atoms with Gasteiger partial charge in [0, 0.05) is 51.9 Å². The van der Waals surface area contributed by atoms with E-state index in [9.17, 15) is 10.1 Å². The Balaban J connectivity index is 1.08. The smallest absolute Gasteiger partial charge is 0.223 e. The molecule has 5 rings (SSSR count). The highest BCUT2D eigenvalue weighted by molar-refractivity contribution is 5.82. The second-order valence-electron chi connectivity index (χ2n) is 8.98. The first-order valence-corrected chi connectivity index (χ1v) is 12.5. The van der Waals surface area contributed by atoms with Gasteiger partial charge < -0.3 is 20.3 Å². The van der Waals surface area contributed by atoms with Crippen molar-refractivity contribution in [3.05, 3.63) is 84.0 Å². The van der Waals surface area contributed by atoms with Crippen molar-refractivity contribution < 1.29 is 9.53 Å². The number of benzene rings is 2. The van der Waals surface area contributed by atoms with Gasteiger partial charge in [-0.3, -0.25) is 9.69 Å². The summed E-state index contributed by atoms with van der Waals surface area (Å²) < 4.78 is 5.79. The highest BCUT2D eigenvalue weighted by Gasteiger charge is 2.23. The molecule has 2 aliphatic heterocycles. The van der Waals surface area contributed by atoms with Gasteiger partial charge in [0.05, 0.1) is 11.4 Å². The van der Waals surface area contributed by atoms with Crippen LogP contribution in [0, 0.1) is 11.3 Å². The van der Waals surface area contributed by atoms with Crippen LogP contribution < -0.4 is 15.4 Å². The third kappa shape index (κ3) is 6.05. The van der Waals surface area contributed by atoms with Crippen molar-refractivity contribution in [3.8, 4) is 11.8 Å². The summed E-state index contributed by atoms with van der Waals surface area (Å²) >= 11 is 0. The predicted octanol–water partition coefficient (Wildman–Crippen LogP) is 3.71. The standard InChI is InChI=1S/C28H29N7O2/c29-19-22(27-32-24-9-4-5-10-25(24)37-27)23-12-14-31-28(33-23)30-13-6-11-26(36)35-17-15-34(16-18-35)20-21-7-2-1-3-8-21/h1-5,7-10,12,14,32H,6,11,13,15-18,20H2,(H,30,31,33)/b27-22-. The Hall–Kier alpha value is -4.42. The Morgan fingerprint density at radius 2 is 1.84 bits per heavy atom. The van der Waals surface area contributed by atoms with Crippen molar-refractivity contribution in [1.29, 1.82) is 5.26 Å². The van der Waals surface area contributed by atoms with E-state index in [2.05, 4.69) is 55.8 Å². The molecule has 3 heterocycles. The maximum absolute atomic E-state index is 12.7. The highest BCUT2D eigenvalue weighted by Crippen LogP contribution is 2.35. The number of para-hydroxylation sites is 2. The molecule has 0 unspecified atom stereocenters.